The molecule has 0 radical (unpaired) electrons. The smallest absolute Gasteiger partial charge is 0.136 e. The Bertz CT molecular complexity index is 352. The predicted octanol–water partition coefficient (Wildman–Crippen LogP) is 1.86. The lowest BCUT2D eigenvalue weighted by molar-refractivity contribution is -0.119. The number of carbonyl (C=O) groups excluding carboxylic acids is 1. The lowest BCUT2D eigenvalue weighted by atomic mass is 10.1. The summed E-state index contributed by atoms with van der Waals surface area (Å²) in [5.41, 5.74) is 1.14. The second kappa shape index (κ2) is 4.34. The molecule has 1 heterocycles. The average molecular weight is 205 g/mol. The van der Waals surface area contributed by atoms with Gasteiger partial charge in [0.05, 0.1) is 7.11 Å². The van der Waals surface area contributed by atoms with Crippen LogP contribution in [0, 0.1) is 0 Å². The number of anilines is 1. The van der Waals surface area contributed by atoms with Gasteiger partial charge in [0, 0.05) is 37.7 Å². The molecule has 0 atom stereocenters. The van der Waals surface area contributed by atoms with Crippen LogP contribution in [0.2, 0.25) is 0 Å². The van der Waals surface area contributed by atoms with Crippen LogP contribution in [0.3, 0.4) is 0 Å². The number of Topliss-reactive ketones (excluding diaryl/α,β-unsaturated/α-hetero) is 1. The minimum atomic E-state index is 0.370. The summed E-state index contributed by atoms with van der Waals surface area (Å²) >= 11 is 0. The van der Waals surface area contributed by atoms with Crippen molar-refractivity contribution in [2.75, 3.05) is 25.1 Å². The molecule has 0 N–H and O–H groups in total. The Kier molecular flexibility index (Phi) is 2.90. The third-order valence-corrected chi connectivity index (χ3v) is 2.74. The van der Waals surface area contributed by atoms with Crippen LogP contribution in [0.1, 0.15) is 12.8 Å². The van der Waals surface area contributed by atoms with Gasteiger partial charge in [-0.2, -0.15) is 0 Å². The Morgan fingerprint density at radius 3 is 2.67 bits per heavy atom. The number of nitrogens with zero attached hydrogens (tertiary/aromatic N) is 1. The van der Waals surface area contributed by atoms with Gasteiger partial charge in [-0.05, 0) is 12.1 Å². The van der Waals surface area contributed by atoms with Gasteiger partial charge in [-0.15, -0.1) is 0 Å². The van der Waals surface area contributed by atoms with Crippen molar-refractivity contribution in [1.29, 1.82) is 0 Å². The molecule has 0 aliphatic carbocycles. The normalized spacial score (nSPS) is 16.6. The van der Waals surface area contributed by atoms with Gasteiger partial charge in [-0.3, -0.25) is 4.79 Å². The third-order valence-electron chi connectivity index (χ3n) is 2.74. The van der Waals surface area contributed by atoms with Gasteiger partial charge >= 0.3 is 0 Å². The van der Waals surface area contributed by atoms with Crippen molar-refractivity contribution in [3.63, 3.8) is 0 Å². The van der Waals surface area contributed by atoms with Gasteiger partial charge in [-0.25, -0.2) is 0 Å². The number of hydrogen-bond donors (Lipinski definition) is 0. The Balaban J connectivity index is 2.11. The number of ketones is 1. The molecule has 0 bridgehead atoms. The summed E-state index contributed by atoms with van der Waals surface area (Å²) in [6, 6.07) is 7.97. The van der Waals surface area contributed by atoms with Gasteiger partial charge in [0.1, 0.15) is 11.5 Å². The molecule has 15 heavy (non-hydrogen) atoms. The lowest BCUT2D eigenvalue weighted by Crippen LogP contribution is -2.33. The molecule has 1 aliphatic heterocycles. The zero-order valence-electron chi connectivity index (χ0n) is 8.90. The first-order valence-corrected chi connectivity index (χ1v) is 5.20. The van der Waals surface area contributed by atoms with Crippen molar-refractivity contribution in [3.8, 4) is 5.75 Å². The number of hydrogen-bond acceptors (Lipinski definition) is 3. The average Bonchev–Trinajstić information content (AvgIpc) is 2.30. The molecule has 3 heteroatoms. The maximum atomic E-state index is 11.1. The second-order valence-corrected chi connectivity index (χ2v) is 3.73. The maximum Gasteiger partial charge on any atom is 0.136 e. The van der Waals surface area contributed by atoms with Crippen molar-refractivity contribution >= 4 is 11.5 Å². The molecular weight excluding hydrogens is 190 g/mol. The summed E-state index contributed by atoms with van der Waals surface area (Å²) in [5.74, 6) is 1.23. The molecule has 1 aromatic rings. The second-order valence-electron chi connectivity index (χ2n) is 3.73. The SMILES string of the molecule is COc1cccc(N2CCC(=O)CC2)c1. The molecule has 1 fully saturated rings. The molecule has 1 saturated heterocycles. The number of methoxy groups -OCH3 is 1. The Morgan fingerprint density at radius 1 is 1.27 bits per heavy atom. The van der Waals surface area contributed by atoms with Crippen LogP contribution in [-0.4, -0.2) is 26.0 Å². The fourth-order valence-electron chi connectivity index (χ4n) is 1.82. The molecule has 1 aromatic carbocycles. The van der Waals surface area contributed by atoms with Crippen LogP contribution in [-0.2, 0) is 4.79 Å². The maximum absolute atomic E-state index is 11.1. The highest BCUT2D eigenvalue weighted by molar-refractivity contribution is 5.81. The van der Waals surface area contributed by atoms with Crippen LogP contribution in [0.15, 0.2) is 24.3 Å². The Hall–Kier alpha value is -1.51. The third kappa shape index (κ3) is 2.29. The Labute approximate surface area is 89.7 Å². The highest BCUT2D eigenvalue weighted by atomic mass is 16.5. The van der Waals surface area contributed by atoms with Crippen LogP contribution in [0.4, 0.5) is 5.69 Å². The van der Waals surface area contributed by atoms with Gasteiger partial charge < -0.3 is 9.64 Å². The van der Waals surface area contributed by atoms with Crippen molar-refractivity contribution in [1.82, 2.24) is 0 Å². The molecule has 2 rings (SSSR count). The first kappa shape index (κ1) is 10.0. The summed E-state index contributed by atoms with van der Waals surface area (Å²) in [7, 11) is 1.67. The Morgan fingerprint density at radius 2 is 2.00 bits per heavy atom. The highest BCUT2D eigenvalue weighted by Gasteiger charge is 2.16. The summed E-state index contributed by atoms with van der Waals surface area (Å²) in [6.07, 6.45) is 1.33. The van der Waals surface area contributed by atoms with E-state index in [9.17, 15) is 4.79 Å². The summed E-state index contributed by atoms with van der Waals surface area (Å²) in [4.78, 5) is 13.3. The van der Waals surface area contributed by atoms with Gasteiger partial charge in [0.25, 0.3) is 0 Å². The van der Waals surface area contributed by atoms with Gasteiger partial charge in [0.15, 0.2) is 0 Å². The van der Waals surface area contributed by atoms with E-state index in [0.717, 1.165) is 24.5 Å². The molecule has 0 amide bonds. The number of rotatable bonds is 2. The quantitative estimate of drug-likeness (QED) is 0.738. The van der Waals surface area contributed by atoms with Crippen molar-refractivity contribution in [2.24, 2.45) is 0 Å². The number of ether oxygens (including phenoxy) is 1. The molecule has 3 nitrogen and oxygen atoms in total. The lowest BCUT2D eigenvalue weighted by Gasteiger charge is -2.28. The van der Waals surface area contributed by atoms with Crippen molar-refractivity contribution < 1.29 is 9.53 Å². The molecular formula is C12H15NO2. The topological polar surface area (TPSA) is 29.5 Å². The van der Waals surface area contributed by atoms with Crippen LogP contribution >= 0.6 is 0 Å². The van der Waals surface area contributed by atoms with Crippen molar-refractivity contribution in [2.45, 2.75) is 12.8 Å². The zero-order valence-corrected chi connectivity index (χ0v) is 8.90. The van der Waals surface area contributed by atoms with Gasteiger partial charge in [-0.1, -0.05) is 6.07 Å². The van der Waals surface area contributed by atoms with Crippen LogP contribution < -0.4 is 9.64 Å². The zero-order chi connectivity index (χ0) is 10.7. The summed E-state index contributed by atoms with van der Waals surface area (Å²) in [6.45, 7) is 1.65. The van der Waals surface area contributed by atoms with E-state index >= 15 is 0 Å². The van der Waals surface area contributed by atoms with E-state index < -0.39 is 0 Å². The van der Waals surface area contributed by atoms with Crippen molar-refractivity contribution in [3.05, 3.63) is 24.3 Å². The fourth-order valence-corrected chi connectivity index (χ4v) is 1.82. The van der Waals surface area contributed by atoms with Crippen LogP contribution in [0.25, 0.3) is 0 Å². The largest absolute Gasteiger partial charge is 0.497 e. The first-order valence-electron chi connectivity index (χ1n) is 5.20. The highest BCUT2D eigenvalue weighted by Crippen LogP contribution is 2.23. The monoisotopic (exact) mass is 205 g/mol. The molecule has 0 unspecified atom stereocenters. The molecule has 0 saturated carbocycles. The number of carbonyl (C=O) groups is 1. The number of piperidine rings is 1. The molecule has 0 spiro atoms. The fraction of sp³-hybridized carbons (Fsp3) is 0.417. The minimum absolute atomic E-state index is 0.370. The van der Waals surface area contributed by atoms with E-state index in [-0.39, 0.29) is 0 Å². The summed E-state index contributed by atoms with van der Waals surface area (Å²) < 4.78 is 5.17. The number of benzene rings is 1. The van der Waals surface area contributed by atoms with E-state index in [0.29, 0.717) is 18.6 Å². The van der Waals surface area contributed by atoms with E-state index in [1.807, 2.05) is 18.2 Å². The van der Waals surface area contributed by atoms with E-state index in [2.05, 4.69) is 11.0 Å². The predicted molar refractivity (Wildman–Crippen MR) is 59.4 cm³/mol. The minimum Gasteiger partial charge on any atom is -0.497 e. The van der Waals surface area contributed by atoms with E-state index in [4.69, 9.17) is 4.74 Å². The van der Waals surface area contributed by atoms with E-state index in [1.54, 1.807) is 7.11 Å². The van der Waals surface area contributed by atoms with Gasteiger partial charge in [0.2, 0.25) is 0 Å². The molecule has 1 aliphatic rings. The standard InChI is InChI=1S/C12H15NO2/c1-15-12-4-2-3-10(9-12)13-7-5-11(14)6-8-13/h2-4,9H,5-8H2,1H3. The van der Waals surface area contributed by atoms with E-state index in [1.165, 1.54) is 0 Å². The summed E-state index contributed by atoms with van der Waals surface area (Å²) in [5, 5.41) is 0. The molecule has 0 aromatic heterocycles. The first-order chi connectivity index (χ1) is 7.29. The van der Waals surface area contributed by atoms with Crippen LogP contribution in [0.5, 0.6) is 5.75 Å². The molecule has 80 valence electrons.